The highest BCUT2D eigenvalue weighted by atomic mass is 16.5. The molecular weight excluding hydrogens is 713 g/mol. The Morgan fingerprint density at radius 2 is 1.57 bits per heavy atom. The van der Waals surface area contributed by atoms with Gasteiger partial charge in [-0.25, -0.2) is 19.6 Å². The van der Waals surface area contributed by atoms with E-state index in [0.29, 0.717) is 39.0 Å². The van der Waals surface area contributed by atoms with E-state index in [-0.39, 0.29) is 23.9 Å². The number of nitrogens with zero attached hydrogens (tertiary/aromatic N) is 5. The number of imidazole rings is 1. The van der Waals surface area contributed by atoms with Crippen molar-refractivity contribution in [1.82, 2.24) is 40.3 Å². The van der Waals surface area contributed by atoms with E-state index in [2.05, 4.69) is 36.8 Å². The third kappa shape index (κ3) is 11.7. The Morgan fingerprint density at radius 3 is 2.18 bits per heavy atom. The number of aliphatic hydroxyl groups is 1. The lowest BCUT2D eigenvalue weighted by Crippen LogP contribution is -2.61. The number of hydrazine groups is 1. The molecule has 4 atom stereocenters. The van der Waals surface area contributed by atoms with Gasteiger partial charge < -0.3 is 34.7 Å². The first-order valence-electron chi connectivity index (χ1n) is 19.5. The number of amides is 5. The highest BCUT2D eigenvalue weighted by Gasteiger charge is 2.45. The number of pyridine rings is 1. The first kappa shape index (κ1) is 44.0. The quantitative estimate of drug-likeness (QED) is 0.158. The normalized spacial score (nSPS) is 16.1. The number of carbonyl (C=O) groups is 4. The van der Waals surface area contributed by atoms with Gasteiger partial charge in [-0.15, -0.1) is 0 Å². The van der Waals surface area contributed by atoms with Crippen LogP contribution in [0.1, 0.15) is 85.8 Å². The Bertz CT molecular complexity index is 1810. The summed E-state index contributed by atoms with van der Waals surface area (Å²) in [6.45, 7) is 21.0. The first-order valence-corrected chi connectivity index (χ1v) is 19.5. The second-order valence-corrected chi connectivity index (χ2v) is 18.3. The van der Waals surface area contributed by atoms with Crippen LogP contribution in [0, 0.1) is 23.2 Å². The lowest BCUT2D eigenvalue weighted by molar-refractivity contribution is -0.133. The zero-order valence-electron chi connectivity index (χ0n) is 35.2. The maximum atomic E-state index is 14.5. The third-order valence-electron chi connectivity index (χ3n) is 10.1. The minimum absolute atomic E-state index is 0.0245. The lowest BCUT2D eigenvalue weighted by atomic mass is 9.84. The van der Waals surface area contributed by atoms with Crippen LogP contribution in [-0.2, 0) is 27.3 Å². The van der Waals surface area contributed by atoms with Crippen molar-refractivity contribution in [3.63, 3.8) is 0 Å². The van der Waals surface area contributed by atoms with Gasteiger partial charge in [-0.2, -0.15) is 0 Å². The van der Waals surface area contributed by atoms with Gasteiger partial charge in [0.25, 0.3) is 5.91 Å². The maximum Gasteiger partial charge on any atom is 0.407 e. The number of benzene rings is 1. The van der Waals surface area contributed by atoms with Crippen LogP contribution in [0.15, 0.2) is 54.7 Å². The van der Waals surface area contributed by atoms with Crippen molar-refractivity contribution in [3.05, 3.63) is 71.8 Å². The van der Waals surface area contributed by atoms with Gasteiger partial charge in [0.05, 0.1) is 37.0 Å². The number of alkyl carbamates (subject to hydrolysis) is 1. The molecule has 308 valence electrons. The van der Waals surface area contributed by atoms with E-state index < -0.39 is 47.1 Å². The van der Waals surface area contributed by atoms with Crippen molar-refractivity contribution in [2.24, 2.45) is 16.2 Å². The smallest absolute Gasteiger partial charge is 0.407 e. The van der Waals surface area contributed by atoms with Crippen molar-refractivity contribution in [2.45, 2.75) is 113 Å². The average molecular weight is 777 g/mol. The van der Waals surface area contributed by atoms with Crippen molar-refractivity contribution >= 4 is 29.5 Å². The van der Waals surface area contributed by atoms with E-state index in [1.54, 1.807) is 14.8 Å². The summed E-state index contributed by atoms with van der Waals surface area (Å²) >= 11 is 0. The van der Waals surface area contributed by atoms with Crippen LogP contribution in [0.4, 0.5) is 9.59 Å². The van der Waals surface area contributed by atoms with Crippen molar-refractivity contribution in [2.75, 3.05) is 33.3 Å². The highest BCUT2D eigenvalue weighted by Crippen LogP contribution is 2.30. The lowest BCUT2D eigenvalue weighted by Gasteiger charge is -2.38. The molecule has 0 saturated carbocycles. The van der Waals surface area contributed by atoms with E-state index in [4.69, 9.17) is 9.72 Å². The average Bonchev–Trinajstić information content (AvgIpc) is 3.62. The summed E-state index contributed by atoms with van der Waals surface area (Å²) in [5.41, 5.74) is 4.16. The van der Waals surface area contributed by atoms with Gasteiger partial charge in [0.1, 0.15) is 17.9 Å². The van der Waals surface area contributed by atoms with E-state index >= 15 is 0 Å². The Hall–Kier alpha value is -4.69. The van der Waals surface area contributed by atoms with E-state index in [1.807, 2.05) is 108 Å². The Balaban J connectivity index is 1.58. The second kappa shape index (κ2) is 18.1. The Labute approximate surface area is 332 Å². The summed E-state index contributed by atoms with van der Waals surface area (Å²) in [5, 5.41) is 19.5. The van der Waals surface area contributed by atoms with Gasteiger partial charge in [-0.3, -0.25) is 15.0 Å². The molecule has 0 radical (unpaired) electrons. The summed E-state index contributed by atoms with van der Waals surface area (Å²) in [6.07, 6.45) is 1.04. The van der Waals surface area contributed by atoms with Crippen molar-refractivity contribution in [1.29, 1.82) is 0 Å². The number of aliphatic hydroxyl groups excluding tert-OH is 1. The summed E-state index contributed by atoms with van der Waals surface area (Å²) in [5.74, 6) is -0.00921. The molecule has 0 spiro atoms. The predicted molar refractivity (Wildman–Crippen MR) is 216 cm³/mol. The van der Waals surface area contributed by atoms with E-state index in [1.165, 1.54) is 7.11 Å². The SMILES string of the molecule is COC(=O)N[C@H](C(=O)NN(CCC(C)(C)C)C[C@H](O)[C@H](Cc1ccccc1)NC(=O)[C@@H](N1CCN(Cc2nc(C)n3ccccc23)C1=O)C(C)(C)C)C(C)(C)C. The summed E-state index contributed by atoms with van der Waals surface area (Å²) in [6, 6.07) is 12.6. The van der Waals surface area contributed by atoms with Crippen LogP contribution < -0.4 is 16.1 Å². The molecule has 1 saturated heterocycles. The molecule has 56 heavy (non-hydrogen) atoms. The first-order chi connectivity index (χ1) is 26.1. The fraction of sp³-hybridized carbons (Fsp3) is 0.595. The molecular formula is C42H64N8O6. The van der Waals surface area contributed by atoms with Crippen LogP contribution in [0.2, 0.25) is 0 Å². The van der Waals surface area contributed by atoms with Gasteiger partial charge in [0.2, 0.25) is 5.91 Å². The summed E-state index contributed by atoms with van der Waals surface area (Å²) < 4.78 is 6.79. The molecule has 3 heterocycles. The number of rotatable bonds is 15. The Morgan fingerprint density at radius 1 is 0.911 bits per heavy atom. The molecule has 14 heteroatoms. The standard InChI is InChI=1S/C42H64N8O6/c1-28-43-31(32-19-15-16-21-49(28)32)26-47-23-24-50(39(47)55)35(42(8,9)10)37(53)44-30(25-29-17-13-12-14-18-29)33(51)27-48(22-20-40(2,3)4)46-36(52)34(41(5,6)7)45-38(54)56-11/h12-19,21,30,33-35,51H,20,22-27H2,1-11H3,(H,44,53)(H,45,54)(H,46,52)/t30-,33-,34+,35+/m0/s1. The zero-order valence-corrected chi connectivity index (χ0v) is 35.2. The van der Waals surface area contributed by atoms with E-state index in [0.717, 1.165) is 22.6 Å². The molecule has 4 N–H and O–H groups in total. The summed E-state index contributed by atoms with van der Waals surface area (Å²) in [7, 11) is 1.24. The number of nitrogens with one attached hydrogen (secondary N) is 3. The van der Waals surface area contributed by atoms with Crippen LogP contribution in [0.3, 0.4) is 0 Å². The molecule has 1 aliphatic rings. The third-order valence-corrected chi connectivity index (χ3v) is 10.1. The molecule has 1 aromatic carbocycles. The second-order valence-electron chi connectivity index (χ2n) is 18.3. The van der Waals surface area contributed by atoms with Gasteiger partial charge in [0, 0.05) is 32.4 Å². The van der Waals surface area contributed by atoms with Crippen molar-refractivity contribution in [3.8, 4) is 0 Å². The number of fused-ring (bicyclic) bond motifs is 1. The molecule has 2 aromatic heterocycles. The van der Waals surface area contributed by atoms with Crippen LogP contribution in [-0.4, -0.2) is 111 Å². The molecule has 3 aromatic rings. The molecule has 0 bridgehead atoms. The minimum Gasteiger partial charge on any atom is -0.453 e. The topological polar surface area (TPSA) is 161 Å². The number of methoxy groups -OCH3 is 1. The molecule has 14 nitrogen and oxygen atoms in total. The molecule has 5 amide bonds. The van der Waals surface area contributed by atoms with Crippen LogP contribution >= 0.6 is 0 Å². The monoisotopic (exact) mass is 776 g/mol. The largest absolute Gasteiger partial charge is 0.453 e. The Kier molecular flexibility index (Phi) is 14.2. The molecule has 4 rings (SSSR count). The minimum atomic E-state index is -1.15. The number of carbonyl (C=O) groups excluding carboxylic acids is 4. The number of ether oxygens (including phenoxy) is 1. The summed E-state index contributed by atoms with van der Waals surface area (Å²) in [4.78, 5) is 62.7. The zero-order chi connectivity index (χ0) is 41.6. The molecule has 1 aliphatic heterocycles. The van der Waals surface area contributed by atoms with Gasteiger partial charge in [-0.05, 0) is 53.7 Å². The van der Waals surface area contributed by atoms with Gasteiger partial charge in [0.15, 0.2) is 0 Å². The fourth-order valence-electron chi connectivity index (χ4n) is 7.06. The van der Waals surface area contributed by atoms with Crippen LogP contribution in [0.25, 0.3) is 5.52 Å². The fourth-order valence-corrected chi connectivity index (χ4v) is 7.06. The van der Waals surface area contributed by atoms with E-state index in [9.17, 15) is 24.3 Å². The number of hydrogen-bond donors (Lipinski definition) is 4. The van der Waals surface area contributed by atoms with Crippen molar-refractivity contribution < 1.29 is 29.0 Å². The highest BCUT2D eigenvalue weighted by molar-refractivity contribution is 5.89. The van der Waals surface area contributed by atoms with Crippen LogP contribution in [0.5, 0.6) is 0 Å². The van der Waals surface area contributed by atoms with Gasteiger partial charge >= 0.3 is 12.1 Å². The molecule has 1 fully saturated rings. The molecule has 0 aliphatic carbocycles. The maximum absolute atomic E-state index is 14.5. The number of urea groups is 1. The number of aromatic nitrogens is 2. The number of hydrogen-bond acceptors (Lipinski definition) is 8. The van der Waals surface area contributed by atoms with Gasteiger partial charge in [-0.1, -0.05) is 98.7 Å². The number of aryl methyl sites for hydroxylation is 1. The predicted octanol–water partition coefficient (Wildman–Crippen LogP) is 4.92. The molecule has 0 unspecified atom stereocenters.